The second-order valence-electron chi connectivity index (χ2n) is 10.7. The van der Waals surface area contributed by atoms with Crippen molar-refractivity contribution in [1.29, 1.82) is 0 Å². The van der Waals surface area contributed by atoms with Gasteiger partial charge in [0.05, 0.1) is 18.3 Å². The lowest BCUT2D eigenvalue weighted by Gasteiger charge is -2.40. The summed E-state index contributed by atoms with van der Waals surface area (Å²) in [7, 11) is 2.04. The Balaban J connectivity index is 1.27. The number of amides is 2. The molecule has 10 heteroatoms. The van der Waals surface area contributed by atoms with E-state index in [1.54, 1.807) is 34.9 Å². The van der Waals surface area contributed by atoms with Gasteiger partial charge in [-0.3, -0.25) is 24.0 Å². The smallest absolute Gasteiger partial charge is 0.274 e. The summed E-state index contributed by atoms with van der Waals surface area (Å²) in [6.07, 6.45) is 6.76. The fraction of sp³-hybridized carbons (Fsp3) is 0.212. The molecule has 0 saturated carbocycles. The average Bonchev–Trinajstić information content (AvgIpc) is 3.46. The van der Waals surface area contributed by atoms with Gasteiger partial charge in [-0.05, 0) is 61.0 Å². The zero-order valence-electron chi connectivity index (χ0n) is 24.1. The third kappa shape index (κ3) is 6.01. The molecule has 0 spiro atoms. The van der Waals surface area contributed by atoms with E-state index in [-0.39, 0.29) is 5.56 Å². The number of benzene rings is 2. The van der Waals surface area contributed by atoms with Crippen molar-refractivity contribution in [2.45, 2.75) is 13.5 Å². The quantitative estimate of drug-likeness (QED) is 0.296. The number of aryl methyl sites for hydroxylation is 1. The molecule has 0 radical (unpaired) electrons. The standard InChI is InChI=1S/C33H32FN7O2/c1-23-17-28(34)27(33(43)41(22-24-7-4-3-5-8-24)39-15-13-38(2)14-16-39)19-29(23)37-32(42)30-21-36-31-18-25(10-12-40(30)31)26-9-6-11-35-20-26/h3-12,17-21H,13-16,22H2,1-2H3,(H,37,42). The molecule has 3 aromatic heterocycles. The lowest BCUT2D eigenvalue weighted by molar-refractivity contribution is -0.0391. The van der Waals surface area contributed by atoms with Crippen molar-refractivity contribution < 1.29 is 14.0 Å². The number of rotatable bonds is 7. The van der Waals surface area contributed by atoms with Crippen LogP contribution in [0.2, 0.25) is 0 Å². The second-order valence-corrected chi connectivity index (χ2v) is 10.7. The van der Waals surface area contributed by atoms with Gasteiger partial charge in [0.1, 0.15) is 17.2 Å². The van der Waals surface area contributed by atoms with Gasteiger partial charge in [-0.2, -0.15) is 0 Å². The van der Waals surface area contributed by atoms with Crippen molar-refractivity contribution in [2.24, 2.45) is 0 Å². The summed E-state index contributed by atoms with van der Waals surface area (Å²) in [6, 6.07) is 20.0. The summed E-state index contributed by atoms with van der Waals surface area (Å²) >= 11 is 0. The highest BCUT2D eigenvalue weighted by molar-refractivity contribution is 6.05. The highest BCUT2D eigenvalue weighted by Crippen LogP contribution is 2.25. The van der Waals surface area contributed by atoms with Crippen LogP contribution in [0.1, 0.15) is 32.0 Å². The molecule has 6 rings (SSSR count). The average molecular weight is 578 g/mol. The fourth-order valence-electron chi connectivity index (χ4n) is 5.25. The number of likely N-dealkylation sites (N-methyl/N-ethyl adjacent to an activating group) is 1. The van der Waals surface area contributed by atoms with Crippen molar-refractivity contribution in [1.82, 2.24) is 29.3 Å². The molecule has 43 heavy (non-hydrogen) atoms. The molecule has 2 aromatic carbocycles. The van der Waals surface area contributed by atoms with Crippen molar-refractivity contribution in [3.8, 4) is 11.1 Å². The Morgan fingerprint density at radius 3 is 2.49 bits per heavy atom. The van der Waals surface area contributed by atoms with Gasteiger partial charge in [0, 0.05) is 56.0 Å². The summed E-state index contributed by atoms with van der Waals surface area (Å²) in [4.78, 5) is 38.2. The molecule has 4 heterocycles. The van der Waals surface area contributed by atoms with Gasteiger partial charge in [0.2, 0.25) is 0 Å². The van der Waals surface area contributed by atoms with Crippen LogP contribution < -0.4 is 5.32 Å². The van der Waals surface area contributed by atoms with Crippen LogP contribution in [0.25, 0.3) is 16.8 Å². The maximum Gasteiger partial charge on any atom is 0.274 e. The Bertz CT molecular complexity index is 1770. The van der Waals surface area contributed by atoms with Gasteiger partial charge in [-0.15, -0.1) is 0 Å². The Morgan fingerprint density at radius 1 is 0.953 bits per heavy atom. The Hall–Kier alpha value is -4.93. The van der Waals surface area contributed by atoms with E-state index in [0.29, 0.717) is 42.2 Å². The molecule has 1 N–H and O–H groups in total. The first kappa shape index (κ1) is 28.2. The fourth-order valence-corrected chi connectivity index (χ4v) is 5.25. The van der Waals surface area contributed by atoms with E-state index in [9.17, 15) is 9.59 Å². The number of halogens is 1. The van der Waals surface area contributed by atoms with Crippen LogP contribution in [-0.2, 0) is 6.54 Å². The molecular weight excluding hydrogens is 545 g/mol. The summed E-state index contributed by atoms with van der Waals surface area (Å²) < 4.78 is 17.1. The number of hydrazine groups is 1. The van der Waals surface area contributed by atoms with Crippen LogP contribution in [0.3, 0.4) is 0 Å². The molecule has 0 atom stereocenters. The zero-order valence-corrected chi connectivity index (χ0v) is 24.1. The highest BCUT2D eigenvalue weighted by atomic mass is 19.1. The molecule has 1 saturated heterocycles. The van der Waals surface area contributed by atoms with Gasteiger partial charge < -0.3 is 10.2 Å². The number of carbonyl (C=O) groups is 2. The van der Waals surface area contributed by atoms with Crippen LogP contribution in [-0.4, -0.2) is 74.3 Å². The van der Waals surface area contributed by atoms with Gasteiger partial charge in [0.15, 0.2) is 0 Å². The molecule has 1 aliphatic rings. The van der Waals surface area contributed by atoms with Crippen LogP contribution in [0.4, 0.5) is 10.1 Å². The summed E-state index contributed by atoms with van der Waals surface area (Å²) in [5, 5.41) is 6.47. The van der Waals surface area contributed by atoms with E-state index in [4.69, 9.17) is 0 Å². The number of carbonyl (C=O) groups excluding carboxylic acids is 2. The van der Waals surface area contributed by atoms with Crippen molar-refractivity contribution >= 4 is 23.1 Å². The minimum absolute atomic E-state index is 0.102. The van der Waals surface area contributed by atoms with Crippen LogP contribution in [0, 0.1) is 12.7 Å². The van der Waals surface area contributed by atoms with E-state index in [1.165, 1.54) is 18.3 Å². The first-order valence-corrected chi connectivity index (χ1v) is 14.2. The topological polar surface area (TPSA) is 86.1 Å². The number of anilines is 1. The first-order chi connectivity index (χ1) is 20.9. The molecule has 5 aromatic rings. The summed E-state index contributed by atoms with van der Waals surface area (Å²) in [5.74, 6) is -1.51. The van der Waals surface area contributed by atoms with Crippen molar-refractivity contribution in [2.75, 3.05) is 38.5 Å². The third-order valence-corrected chi connectivity index (χ3v) is 7.76. The maximum absolute atomic E-state index is 15.4. The van der Waals surface area contributed by atoms with Crippen molar-refractivity contribution in [3.63, 3.8) is 0 Å². The lowest BCUT2D eigenvalue weighted by atomic mass is 10.1. The molecule has 0 bridgehead atoms. The molecule has 218 valence electrons. The number of hydrogen-bond donors (Lipinski definition) is 1. The number of nitrogens with one attached hydrogen (secondary N) is 1. The van der Waals surface area contributed by atoms with Gasteiger partial charge in [-0.1, -0.05) is 36.4 Å². The van der Waals surface area contributed by atoms with Crippen LogP contribution in [0.15, 0.2) is 91.5 Å². The number of imidazole rings is 1. The minimum Gasteiger partial charge on any atom is -0.320 e. The van der Waals surface area contributed by atoms with E-state index in [1.807, 2.05) is 66.7 Å². The maximum atomic E-state index is 15.4. The van der Waals surface area contributed by atoms with E-state index in [2.05, 4.69) is 20.2 Å². The molecule has 0 unspecified atom stereocenters. The second kappa shape index (κ2) is 12.1. The largest absolute Gasteiger partial charge is 0.320 e. The van der Waals surface area contributed by atoms with E-state index >= 15 is 4.39 Å². The molecule has 2 amide bonds. The van der Waals surface area contributed by atoms with Gasteiger partial charge >= 0.3 is 0 Å². The van der Waals surface area contributed by atoms with Gasteiger partial charge in [-0.25, -0.2) is 14.4 Å². The highest BCUT2D eigenvalue weighted by Gasteiger charge is 2.28. The predicted octanol–water partition coefficient (Wildman–Crippen LogP) is 4.90. The Kier molecular flexibility index (Phi) is 7.95. The monoisotopic (exact) mass is 577 g/mol. The summed E-state index contributed by atoms with van der Waals surface area (Å²) in [5.41, 5.74) is 4.48. The number of nitrogens with zero attached hydrogens (tertiary/aromatic N) is 6. The Morgan fingerprint density at radius 2 is 1.74 bits per heavy atom. The van der Waals surface area contributed by atoms with Gasteiger partial charge in [0.25, 0.3) is 11.8 Å². The Labute approximate surface area is 249 Å². The first-order valence-electron chi connectivity index (χ1n) is 14.2. The normalized spacial score (nSPS) is 14.1. The number of pyridine rings is 2. The molecule has 1 fully saturated rings. The van der Waals surface area contributed by atoms with E-state index in [0.717, 1.165) is 29.8 Å². The number of fused-ring (bicyclic) bond motifs is 1. The molecule has 1 aliphatic heterocycles. The lowest BCUT2D eigenvalue weighted by Crippen LogP contribution is -2.54. The number of hydrogen-bond acceptors (Lipinski definition) is 6. The van der Waals surface area contributed by atoms with E-state index < -0.39 is 17.6 Å². The molecule has 0 aliphatic carbocycles. The molecular formula is C33H32FN7O2. The predicted molar refractivity (Wildman–Crippen MR) is 163 cm³/mol. The van der Waals surface area contributed by atoms with Crippen LogP contribution in [0.5, 0.6) is 0 Å². The number of piperazine rings is 1. The third-order valence-electron chi connectivity index (χ3n) is 7.76. The summed E-state index contributed by atoms with van der Waals surface area (Å²) in [6.45, 7) is 4.87. The van der Waals surface area contributed by atoms with Crippen molar-refractivity contribution in [3.05, 3.63) is 120 Å². The molecule has 9 nitrogen and oxygen atoms in total. The minimum atomic E-state index is -0.634. The SMILES string of the molecule is Cc1cc(F)c(C(=O)N(Cc2ccccc2)N2CCN(C)CC2)cc1NC(=O)c1cnc2cc(-c3cccnc3)ccn12. The van der Waals surface area contributed by atoms with Crippen LogP contribution >= 0.6 is 0 Å². The zero-order chi connectivity index (χ0) is 29.9. The number of aromatic nitrogens is 3.